The molecule has 2 nitrogen and oxygen atoms in total. The van der Waals surface area contributed by atoms with Gasteiger partial charge in [-0.15, -0.1) is 11.3 Å². The zero-order chi connectivity index (χ0) is 13.5. The zero-order valence-electron chi connectivity index (χ0n) is 11.6. The molecule has 2 aromatic rings. The minimum atomic E-state index is 0.391. The summed E-state index contributed by atoms with van der Waals surface area (Å²) in [5.41, 5.74) is 1.29. The monoisotopic (exact) mass is 275 g/mol. The third-order valence-electron chi connectivity index (χ3n) is 2.92. The predicted molar refractivity (Wildman–Crippen MR) is 82.5 cm³/mol. The molecule has 1 heterocycles. The van der Waals surface area contributed by atoms with Crippen molar-refractivity contribution in [2.75, 3.05) is 13.2 Å². The van der Waals surface area contributed by atoms with E-state index in [2.05, 4.69) is 54.7 Å². The van der Waals surface area contributed by atoms with Crippen molar-refractivity contribution in [3.8, 4) is 10.4 Å². The van der Waals surface area contributed by atoms with Gasteiger partial charge in [0.2, 0.25) is 0 Å². The Balaban J connectivity index is 1.88. The molecule has 3 heteroatoms. The third-order valence-corrected chi connectivity index (χ3v) is 4.05. The summed E-state index contributed by atoms with van der Waals surface area (Å²) in [6.45, 7) is 6.64. The number of hydrogen-bond donors (Lipinski definition) is 1. The van der Waals surface area contributed by atoms with Crippen molar-refractivity contribution in [3.63, 3.8) is 0 Å². The van der Waals surface area contributed by atoms with E-state index in [1.54, 1.807) is 0 Å². The maximum absolute atomic E-state index is 5.40. The highest BCUT2D eigenvalue weighted by atomic mass is 32.1. The lowest BCUT2D eigenvalue weighted by Crippen LogP contribution is -2.29. The highest BCUT2D eigenvalue weighted by Gasteiger charge is 2.05. The molecule has 0 spiro atoms. The molecule has 0 radical (unpaired) electrons. The number of benzene rings is 1. The molecule has 0 aliphatic carbocycles. The largest absolute Gasteiger partial charge is 0.380 e. The Bertz CT molecular complexity index is 481. The highest BCUT2D eigenvalue weighted by Crippen LogP contribution is 2.27. The number of rotatable bonds is 7. The van der Waals surface area contributed by atoms with Gasteiger partial charge in [0.05, 0.1) is 6.61 Å². The number of ether oxygens (including phenoxy) is 1. The van der Waals surface area contributed by atoms with Gasteiger partial charge in [0.1, 0.15) is 0 Å². The van der Waals surface area contributed by atoms with Crippen molar-refractivity contribution in [1.29, 1.82) is 0 Å². The molecule has 0 saturated heterocycles. The van der Waals surface area contributed by atoms with Crippen molar-refractivity contribution in [1.82, 2.24) is 5.32 Å². The van der Waals surface area contributed by atoms with Gasteiger partial charge in [-0.2, -0.15) is 0 Å². The van der Waals surface area contributed by atoms with Crippen LogP contribution >= 0.6 is 11.3 Å². The average molecular weight is 275 g/mol. The molecule has 0 saturated carbocycles. The molecule has 0 amide bonds. The van der Waals surface area contributed by atoms with Crippen LogP contribution in [0.15, 0.2) is 42.5 Å². The summed E-state index contributed by atoms with van der Waals surface area (Å²) in [6, 6.07) is 15.3. The van der Waals surface area contributed by atoms with Gasteiger partial charge in [-0.25, -0.2) is 0 Å². The predicted octanol–water partition coefficient (Wildman–Crippen LogP) is 3.93. The number of hydrogen-bond acceptors (Lipinski definition) is 3. The molecule has 102 valence electrons. The molecule has 1 aromatic carbocycles. The van der Waals surface area contributed by atoms with Crippen LogP contribution in [0.3, 0.4) is 0 Å². The fourth-order valence-electron chi connectivity index (χ4n) is 1.86. The molecule has 1 unspecified atom stereocenters. The highest BCUT2D eigenvalue weighted by molar-refractivity contribution is 7.15. The molecule has 0 fully saturated rings. The van der Waals surface area contributed by atoms with Crippen LogP contribution in [0.2, 0.25) is 0 Å². The topological polar surface area (TPSA) is 21.3 Å². The van der Waals surface area contributed by atoms with E-state index in [9.17, 15) is 0 Å². The maximum Gasteiger partial charge on any atom is 0.0616 e. The minimum Gasteiger partial charge on any atom is -0.380 e. The SMILES string of the molecule is CCOCC(C)NCc1ccc(-c2ccccc2)s1. The minimum absolute atomic E-state index is 0.391. The molecule has 1 aromatic heterocycles. The first-order chi connectivity index (χ1) is 9.29. The third kappa shape index (κ3) is 4.46. The van der Waals surface area contributed by atoms with E-state index in [0.717, 1.165) is 19.8 Å². The van der Waals surface area contributed by atoms with Crippen LogP contribution in [0.25, 0.3) is 10.4 Å². The van der Waals surface area contributed by atoms with Gasteiger partial charge in [-0.3, -0.25) is 0 Å². The van der Waals surface area contributed by atoms with E-state index in [4.69, 9.17) is 4.74 Å². The summed E-state index contributed by atoms with van der Waals surface area (Å²) < 4.78 is 5.40. The average Bonchev–Trinajstić information content (AvgIpc) is 2.93. The van der Waals surface area contributed by atoms with Crippen LogP contribution in [0.5, 0.6) is 0 Å². The zero-order valence-corrected chi connectivity index (χ0v) is 12.4. The van der Waals surface area contributed by atoms with Crippen molar-refractivity contribution >= 4 is 11.3 Å². The fourth-order valence-corrected chi connectivity index (χ4v) is 2.82. The normalized spacial score (nSPS) is 12.5. The van der Waals surface area contributed by atoms with Crippen LogP contribution in [-0.2, 0) is 11.3 Å². The Kier molecular flexibility index (Phi) is 5.58. The Morgan fingerprint density at radius 3 is 2.68 bits per heavy atom. The quantitative estimate of drug-likeness (QED) is 0.826. The van der Waals surface area contributed by atoms with Gasteiger partial charge in [0.25, 0.3) is 0 Å². The lowest BCUT2D eigenvalue weighted by Gasteiger charge is -2.12. The first-order valence-corrected chi connectivity index (χ1v) is 7.56. The van der Waals surface area contributed by atoms with E-state index in [1.807, 2.05) is 18.3 Å². The van der Waals surface area contributed by atoms with Gasteiger partial charge >= 0.3 is 0 Å². The Morgan fingerprint density at radius 2 is 1.95 bits per heavy atom. The summed E-state index contributed by atoms with van der Waals surface area (Å²) >= 11 is 1.85. The Labute approximate surface area is 119 Å². The van der Waals surface area contributed by atoms with Crippen molar-refractivity contribution in [3.05, 3.63) is 47.3 Å². The van der Waals surface area contributed by atoms with Crippen molar-refractivity contribution in [2.24, 2.45) is 0 Å². The van der Waals surface area contributed by atoms with Crippen molar-refractivity contribution in [2.45, 2.75) is 26.4 Å². The number of nitrogens with one attached hydrogen (secondary N) is 1. The maximum atomic E-state index is 5.40. The summed E-state index contributed by atoms with van der Waals surface area (Å²) in [7, 11) is 0. The van der Waals surface area contributed by atoms with Gasteiger partial charge in [0.15, 0.2) is 0 Å². The van der Waals surface area contributed by atoms with Gasteiger partial charge in [-0.1, -0.05) is 30.3 Å². The molecule has 0 aliphatic rings. The number of thiophene rings is 1. The Hall–Kier alpha value is -1.16. The van der Waals surface area contributed by atoms with Gasteiger partial charge in [0, 0.05) is 28.9 Å². The Morgan fingerprint density at radius 1 is 1.16 bits per heavy atom. The van der Waals surface area contributed by atoms with Crippen molar-refractivity contribution < 1.29 is 4.74 Å². The molecule has 19 heavy (non-hydrogen) atoms. The molecular weight excluding hydrogens is 254 g/mol. The van der Waals surface area contributed by atoms with Gasteiger partial charge in [-0.05, 0) is 31.5 Å². The van der Waals surface area contributed by atoms with E-state index >= 15 is 0 Å². The van der Waals surface area contributed by atoms with E-state index in [-0.39, 0.29) is 0 Å². The first-order valence-electron chi connectivity index (χ1n) is 6.75. The summed E-state index contributed by atoms with van der Waals surface area (Å²) in [6.07, 6.45) is 0. The second-order valence-electron chi connectivity index (χ2n) is 4.57. The second kappa shape index (κ2) is 7.43. The first kappa shape index (κ1) is 14.3. The standard InChI is InChI=1S/C16H21NOS/c1-3-18-12-13(2)17-11-15-9-10-16(19-15)14-7-5-4-6-8-14/h4-10,13,17H,3,11-12H2,1-2H3. The molecule has 1 N–H and O–H groups in total. The summed E-state index contributed by atoms with van der Waals surface area (Å²) in [5.74, 6) is 0. The van der Waals surface area contributed by atoms with Gasteiger partial charge < -0.3 is 10.1 Å². The molecular formula is C16H21NOS. The molecule has 1 atom stereocenters. The molecule has 0 bridgehead atoms. The van der Waals surface area contributed by atoms with E-state index < -0.39 is 0 Å². The van der Waals surface area contributed by atoms with Crippen LogP contribution in [0.1, 0.15) is 18.7 Å². The van der Waals surface area contributed by atoms with Crippen LogP contribution < -0.4 is 5.32 Å². The van der Waals surface area contributed by atoms with E-state index in [1.165, 1.54) is 15.3 Å². The second-order valence-corrected chi connectivity index (χ2v) is 5.74. The molecule has 0 aliphatic heterocycles. The van der Waals surface area contributed by atoms with Crippen LogP contribution in [0.4, 0.5) is 0 Å². The fraction of sp³-hybridized carbons (Fsp3) is 0.375. The molecule has 2 rings (SSSR count). The smallest absolute Gasteiger partial charge is 0.0616 e. The summed E-state index contributed by atoms with van der Waals surface area (Å²) in [5, 5.41) is 3.48. The lowest BCUT2D eigenvalue weighted by molar-refractivity contribution is 0.127. The van der Waals surface area contributed by atoms with E-state index in [0.29, 0.717) is 6.04 Å². The lowest BCUT2D eigenvalue weighted by atomic mass is 10.2. The summed E-state index contributed by atoms with van der Waals surface area (Å²) in [4.78, 5) is 2.69. The van der Waals surface area contributed by atoms with Crippen LogP contribution in [-0.4, -0.2) is 19.3 Å². The van der Waals surface area contributed by atoms with Crippen LogP contribution in [0, 0.1) is 0 Å².